The third-order valence-corrected chi connectivity index (χ3v) is 2.36. The molecule has 0 aliphatic heterocycles. The molecule has 0 aliphatic carbocycles. The first-order valence-electron chi connectivity index (χ1n) is 5.46. The second kappa shape index (κ2) is 5.22. The number of aryl methyl sites for hydroxylation is 1. The molecule has 0 aliphatic rings. The van der Waals surface area contributed by atoms with E-state index in [2.05, 4.69) is 27.3 Å². The Balaban J connectivity index is 2.11. The van der Waals surface area contributed by atoms with Crippen LogP contribution in [0.5, 0.6) is 0 Å². The van der Waals surface area contributed by atoms with E-state index >= 15 is 0 Å². The molecule has 0 bridgehead atoms. The minimum absolute atomic E-state index is 0.185. The molecule has 0 saturated carbocycles. The van der Waals surface area contributed by atoms with E-state index in [0.717, 1.165) is 5.56 Å². The van der Waals surface area contributed by atoms with Gasteiger partial charge in [-0.1, -0.05) is 29.4 Å². The van der Waals surface area contributed by atoms with Gasteiger partial charge in [-0.05, 0) is 23.8 Å². The van der Waals surface area contributed by atoms with Crippen molar-refractivity contribution in [2.45, 2.75) is 13.5 Å². The van der Waals surface area contributed by atoms with Crippen molar-refractivity contribution >= 4 is 11.9 Å². The Bertz CT molecular complexity index is 575. The number of carbonyl (C=O) groups is 1. The highest BCUT2D eigenvalue weighted by molar-refractivity contribution is 6.04. The Labute approximate surface area is 104 Å². The van der Waals surface area contributed by atoms with E-state index in [9.17, 15) is 4.79 Å². The molecule has 92 valence electrons. The molecule has 6 heteroatoms. The summed E-state index contributed by atoms with van der Waals surface area (Å²) in [5.41, 5.74) is 1.49. The molecular weight excluding hydrogens is 230 g/mol. The summed E-state index contributed by atoms with van der Waals surface area (Å²) in [6, 6.07) is 7.31. The summed E-state index contributed by atoms with van der Waals surface area (Å²) in [6.45, 7) is 5.89. The number of allylic oxidation sites excluding steroid dienone is 1. The zero-order chi connectivity index (χ0) is 13.0. The molecule has 18 heavy (non-hydrogen) atoms. The van der Waals surface area contributed by atoms with E-state index < -0.39 is 0 Å². The molecule has 0 unspecified atom stereocenters. The average Bonchev–Trinajstić information content (AvgIpc) is 2.77. The molecule has 1 aromatic heterocycles. The van der Waals surface area contributed by atoms with Crippen LogP contribution >= 0.6 is 0 Å². The Morgan fingerprint density at radius 2 is 2.28 bits per heavy atom. The summed E-state index contributed by atoms with van der Waals surface area (Å²) in [4.78, 5) is 13.3. The Morgan fingerprint density at radius 1 is 1.50 bits per heavy atom. The van der Waals surface area contributed by atoms with Crippen LogP contribution in [0.4, 0.5) is 5.95 Å². The number of nitrogens with one attached hydrogen (secondary N) is 1. The lowest BCUT2D eigenvalue weighted by atomic mass is 10.1. The van der Waals surface area contributed by atoms with Gasteiger partial charge in [0.2, 0.25) is 0 Å². The number of aromatic nitrogens is 4. The van der Waals surface area contributed by atoms with Crippen LogP contribution in [0.3, 0.4) is 0 Å². The molecule has 2 rings (SSSR count). The number of rotatable bonds is 4. The van der Waals surface area contributed by atoms with Gasteiger partial charge in [0.1, 0.15) is 0 Å². The molecule has 0 saturated heterocycles. The smallest absolute Gasteiger partial charge is 0.270 e. The van der Waals surface area contributed by atoms with E-state index in [1.807, 2.05) is 25.1 Å². The van der Waals surface area contributed by atoms with E-state index in [4.69, 9.17) is 0 Å². The maximum atomic E-state index is 12.0. The van der Waals surface area contributed by atoms with Crippen LogP contribution in [0.1, 0.15) is 15.9 Å². The summed E-state index contributed by atoms with van der Waals surface area (Å²) in [5.74, 6) is -0.0589. The molecule has 6 nitrogen and oxygen atoms in total. The minimum atomic E-state index is -0.244. The van der Waals surface area contributed by atoms with E-state index in [1.165, 1.54) is 4.80 Å². The number of hydrogen-bond donors (Lipinski definition) is 1. The Kier molecular flexibility index (Phi) is 3.47. The first kappa shape index (κ1) is 12.0. The van der Waals surface area contributed by atoms with Crippen molar-refractivity contribution in [3.63, 3.8) is 0 Å². The van der Waals surface area contributed by atoms with E-state index in [1.54, 1.807) is 12.1 Å². The number of nitrogens with zero attached hydrogens (tertiary/aromatic N) is 4. The van der Waals surface area contributed by atoms with E-state index in [0.29, 0.717) is 12.1 Å². The fraction of sp³-hybridized carbons (Fsp3) is 0.167. The van der Waals surface area contributed by atoms with Gasteiger partial charge in [0.05, 0.1) is 6.54 Å². The van der Waals surface area contributed by atoms with Crippen LogP contribution in [0.2, 0.25) is 0 Å². The highest BCUT2D eigenvalue weighted by atomic mass is 16.1. The van der Waals surface area contributed by atoms with Gasteiger partial charge >= 0.3 is 0 Å². The standard InChI is InChI=1S/C12H13N5O/c1-3-8-17-15-12(14-16-17)13-11(18)10-7-5-4-6-9(10)2/h3-7H,1,8H2,2H3,(H,13,15,18). The summed E-state index contributed by atoms with van der Waals surface area (Å²) in [7, 11) is 0. The highest BCUT2D eigenvalue weighted by Crippen LogP contribution is 2.08. The lowest BCUT2D eigenvalue weighted by Crippen LogP contribution is -2.14. The fourth-order valence-corrected chi connectivity index (χ4v) is 1.48. The number of carbonyl (C=O) groups excluding carboxylic acids is 1. The third kappa shape index (κ3) is 2.60. The van der Waals surface area contributed by atoms with Crippen molar-refractivity contribution in [1.29, 1.82) is 0 Å². The Morgan fingerprint density at radius 3 is 3.00 bits per heavy atom. The van der Waals surface area contributed by atoms with Crippen molar-refractivity contribution in [1.82, 2.24) is 20.2 Å². The van der Waals surface area contributed by atoms with Crippen LogP contribution < -0.4 is 5.32 Å². The van der Waals surface area contributed by atoms with Gasteiger partial charge in [-0.25, -0.2) is 0 Å². The van der Waals surface area contributed by atoms with Gasteiger partial charge in [-0.3, -0.25) is 10.1 Å². The van der Waals surface area contributed by atoms with Crippen molar-refractivity contribution < 1.29 is 4.79 Å². The summed E-state index contributed by atoms with van der Waals surface area (Å²) < 4.78 is 0. The molecule has 2 aromatic rings. The number of hydrogen-bond acceptors (Lipinski definition) is 4. The topological polar surface area (TPSA) is 72.7 Å². The maximum Gasteiger partial charge on any atom is 0.270 e. The maximum absolute atomic E-state index is 12.0. The van der Waals surface area contributed by atoms with Crippen LogP contribution in [0.25, 0.3) is 0 Å². The van der Waals surface area contributed by atoms with Crippen LogP contribution in [-0.4, -0.2) is 26.1 Å². The SMILES string of the molecule is C=CCn1nnc(NC(=O)c2ccccc2C)n1. The normalized spacial score (nSPS) is 10.1. The average molecular weight is 243 g/mol. The number of tetrazole rings is 1. The van der Waals surface area contributed by atoms with Gasteiger partial charge in [0.25, 0.3) is 11.9 Å². The second-order valence-corrected chi connectivity index (χ2v) is 3.73. The molecule has 1 aromatic carbocycles. The molecule has 0 radical (unpaired) electrons. The summed E-state index contributed by atoms with van der Waals surface area (Å²) >= 11 is 0. The van der Waals surface area contributed by atoms with Gasteiger partial charge in [0, 0.05) is 5.56 Å². The zero-order valence-electron chi connectivity index (χ0n) is 10.00. The highest BCUT2D eigenvalue weighted by Gasteiger charge is 2.11. The van der Waals surface area contributed by atoms with E-state index in [-0.39, 0.29) is 11.9 Å². The van der Waals surface area contributed by atoms with Crippen LogP contribution in [0, 0.1) is 6.92 Å². The largest absolute Gasteiger partial charge is 0.288 e. The quantitative estimate of drug-likeness (QED) is 0.824. The number of anilines is 1. The van der Waals surface area contributed by atoms with Gasteiger partial charge in [0.15, 0.2) is 0 Å². The third-order valence-electron chi connectivity index (χ3n) is 2.36. The zero-order valence-corrected chi connectivity index (χ0v) is 10.00. The lowest BCUT2D eigenvalue weighted by molar-refractivity contribution is 0.102. The monoisotopic (exact) mass is 243 g/mol. The fourth-order valence-electron chi connectivity index (χ4n) is 1.48. The predicted molar refractivity (Wildman–Crippen MR) is 67.1 cm³/mol. The van der Waals surface area contributed by atoms with Crippen molar-refractivity contribution in [2.24, 2.45) is 0 Å². The van der Waals surface area contributed by atoms with Gasteiger partial charge < -0.3 is 0 Å². The van der Waals surface area contributed by atoms with Crippen molar-refractivity contribution in [3.05, 3.63) is 48.0 Å². The number of amides is 1. The molecule has 0 spiro atoms. The molecule has 0 atom stereocenters. The minimum Gasteiger partial charge on any atom is -0.288 e. The van der Waals surface area contributed by atoms with Crippen molar-refractivity contribution in [3.8, 4) is 0 Å². The molecule has 1 heterocycles. The molecule has 1 N–H and O–H groups in total. The first-order valence-corrected chi connectivity index (χ1v) is 5.46. The second-order valence-electron chi connectivity index (χ2n) is 3.73. The Hall–Kier alpha value is -2.50. The molecular formula is C12H13N5O. The number of benzene rings is 1. The van der Waals surface area contributed by atoms with Crippen molar-refractivity contribution in [2.75, 3.05) is 5.32 Å². The van der Waals surface area contributed by atoms with Crippen LogP contribution in [-0.2, 0) is 6.54 Å². The summed E-state index contributed by atoms with van der Waals surface area (Å²) in [6.07, 6.45) is 1.65. The predicted octanol–water partition coefficient (Wildman–Crippen LogP) is 1.42. The first-order chi connectivity index (χ1) is 8.70. The summed E-state index contributed by atoms with van der Waals surface area (Å²) in [5, 5.41) is 14.1. The lowest BCUT2D eigenvalue weighted by Gasteiger charge is -2.03. The molecule has 1 amide bonds. The van der Waals surface area contributed by atoms with Gasteiger partial charge in [-0.2, -0.15) is 4.80 Å². The van der Waals surface area contributed by atoms with Crippen LogP contribution in [0.15, 0.2) is 36.9 Å². The van der Waals surface area contributed by atoms with Gasteiger partial charge in [-0.15, -0.1) is 11.7 Å². The molecule has 0 fully saturated rings.